The summed E-state index contributed by atoms with van der Waals surface area (Å²) in [6.45, 7) is 6.72. The van der Waals surface area contributed by atoms with E-state index in [2.05, 4.69) is 26.8 Å². The highest BCUT2D eigenvalue weighted by molar-refractivity contribution is 5.38. The van der Waals surface area contributed by atoms with Gasteiger partial charge in [-0.1, -0.05) is 0 Å². The van der Waals surface area contributed by atoms with E-state index in [0.717, 1.165) is 32.0 Å². The Morgan fingerprint density at radius 1 is 1.31 bits per heavy atom. The van der Waals surface area contributed by atoms with Crippen molar-refractivity contribution in [2.75, 3.05) is 44.7 Å². The van der Waals surface area contributed by atoms with Gasteiger partial charge in [0.15, 0.2) is 0 Å². The predicted molar refractivity (Wildman–Crippen MR) is 62.9 cm³/mol. The maximum atomic E-state index is 5.30. The van der Waals surface area contributed by atoms with E-state index in [-0.39, 0.29) is 0 Å². The summed E-state index contributed by atoms with van der Waals surface area (Å²) in [4.78, 5) is 13.0. The summed E-state index contributed by atoms with van der Waals surface area (Å²) < 4.78 is 5.30. The van der Waals surface area contributed by atoms with Crippen LogP contribution in [0.4, 0.5) is 5.82 Å². The molecule has 16 heavy (non-hydrogen) atoms. The van der Waals surface area contributed by atoms with Crippen LogP contribution in [-0.2, 0) is 0 Å². The molecule has 2 rings (SSSR count). The zero-order chi connectivity index (χ0) is 11.4. The molecule has 1 fully saturated rings. The number of nitrogens with zero attached hydrogens (tertiary/aromatic N) is 4. The molecular formula is C11H18N4O. The number of anilines is 1. The van der Waals surface area contributed by atoms with Gasteiger partial charge in [-0.05, 0) is 20.0 Å². The third-order valence-electron chi connectivity index (χ3n) is 2.72. The minimum Gasteiger partial charge on any atom is -0.464 e. The van der Waals surface area contributed by atoms with Crippen molar-refractivity contribution < 1.29 is 4.74 Å². The standard InChI is InChI=1S/C11H18N4O/c1-3-16-11-12-5-4-10(13-11)15-8-6-14(2)7-9-15/h4-5H,3,6-9H2,1-2H3. The smallest absolute Gasteiger partial charge is 0.318 e. The van der Waals surface area contributed by atoms with Crippen molar-refractivity contribution in [1.29, 1.82) is 0 Å². The molecule has 88 valence electrons. The molecule has 5 heteroatoms. The molecule has 1 aromatic rings. The molecule has 0 spiro atoms. The van der Waals surface area contributed by atoms with Crippen LogP contribution >= 0.6 is 0 Å². The van der Waals surface area contributed by atoms with Crippen molar-refractivity contribution in [2.45, 2.75) is 6.92 Å². The number of likely N-dealkylation sites (N-methyl/N-ethyl adjacent to an activating group) is 1. The highest BCUT2D eigenvalue weighted by Crippen LogP contribution is 2.14. The lowest BCUT2D eigenvalue weighted by atomic mass is 10.3. The van der Waals surface area contributed by atoms with Gasteiger partial charge >= 0.3 is 6.01 Å². The van der Waals surface area contributed by atoms with Gasteiger partial charge < -0.3 is 14.5 Å². The third-order valence-corrected chi connectivity index (χ3v) is 2.72. The molecule has 1 aliphatic heterocycles. The fraction of sp³-hybridized carbons (Fsp3) is 0.636. The maximum Gasteiger partial charge on any atom is 0.318 e. The average Bonchev–Trinajstić information content (AvgIpc) is 2.31. The minimum atomic E-state index is 0.471. The second-order valence-electron chi connectivity index (χ2n) is 3.92. The lowest BCUT2D eigenvalue weighted by molar-refractivity contribution is 0.304. The molecule has 0 amide bonds. The Morgan fingerprint density at radius 2 is 2.06 bits per heavy atom. The molecule has 0 aromatic carbocycles. The number of ether oxygens (including phenoxy) is 1. The molecule has 1 aliphatic rings. The van der Waals surface area contributed by atoms with Gasteiger partial charge in [0.1, 0.15) is 5.82 Å². The fourth-order valence-corrected chi connectivity index (χ4v) is 1.74. The number of hydrogen-bond donors (Lipinski definition) is 0. The highest BCUT2D eigenvalue weighted by Gasteiger charge is 2.15. The molecule has 0 unspecified atom stereocenters. The Balaban J connectivity index is 2.05. The van der Waals surface area contributed by atoms with Crippen LogP contribution in [0.2, 0.25) is 0 Å². The summed E-state index contributed by atoms with van der Waals surface area (Å²) in [6, 6.07) is 2.41. The predicted octanol–water partition coefficient (Wildman–Crippen LogP) is 0.627. The van der Waals surface area contributed by atoms with E-state index < -0.39 is 0 Å². The second kappa shape index (κ2) is 5.12. The number of piperazine rings is 1. The lowest BCUT2D eigenvalue weighted by Gasteiger charge is -2.33. The number of hydrogen-bond acceptors (Lipinski definition) is 5. The van der Waals surface area contributed by atoms with Gasteiger partial charge in [-0.25, -0.2) is 4.98 Å². The molecule has 0 radical (unpaired) electrons. The van der Waals surface area contributed by atoms with Crippen LogP contribution in [0.3, 0.4) is 0 Å². The van der Waals surface area contributed by atoms with E-state index in [4.69, 9.17) is 4.74 Å². The number of aromatic nitrogens is 2. The van der Waals surface area contributed by atoms with Gasteiger partial charge in [-0.2, -0.15) is 4.98 Å². The maximum absolute atomic E-state index is 5.30. The first-order valence-corrected chi connectivity index (χ1v) is 5.69. The first kappa shape index (κ1) is 11.1. The fourth-order valence-electron chi connectivity index (χ4n) is 1.74. The van der Waals surface area contributed by atoms with E-state index in [9.17, 15) is 0 Å². The molecule has 2 heterocycles. The zero-order valence-electron chi connectivity index (χ0n) is 9.89. The van der Waals surface area contributed by atoms with Crippen LogP contribution in [-0.4, -0.2) is 54.7 Å². The van der Waals surface area contributed by atoms with Gasteiger partial charge in [-0.15, -0.1) is 0 Å². The molecular weight excluding hydrogens is 204 g/mol. The average molecular weight is 222 g/mol. The van der Waals surface area contributed by atoms with Crippen molar-refractivity contribution >= 4 is 5.82 Å². The zero-order valence-corrected chi connectivity index (χ0v) is 9.89. The van der Waals surface area contributed by atoms with E-state index in [1.807, 2.05) is 13.0 Å². The Labute approximate surface area is 96.1 Å². The van der Waals surface area contributed by atoms with Crippen LogP contribution in [0.5, 0.6) is 6.01 Å². The summed E-state index contributed by atoms with van der Waals surface area (Å²) in [6.07, 6.45) is 1.76. The minimum absolute atomic E-state index is 0.471. The van der Waals surface area contributed by atoms with Crippen LogP contribution in [0.15, 0.2) is 12.3 Å². The van der Waals surface area contributed by atoms with Gasteiger partial charge in [0.25, 0.3) is 0 Å². The van der Waals surface area contributed by atoms with Gasteiger partial charge in [-0.3, -0.25) is 0 Å². The summed E-state index contributed by atoms with van der Waals surface area (Å²) in [5, 5.41) is 0. The molecule has 0 aliphatic carbocycles. The topological polar surface area (TPSA) is 41.5 Å². The van der Waals surface area contributed by atoms with Crippen molar-refractivity contribution in [3.8, 4) is 6.01 Å². The van der Waals surface area contributed by atoms with Gasteiger partial charge in [0.05, 0.1) is 6.61 Å². The second-order valence-corrected chi connectivity index (χ2v) is 3.92. The monoisotopic (exact) mass is 222 g/mol. The summed E-state index contributed by atoms with van der Waals surface area (Å²) in [5.74, 6) is 0.964. The van der Waals surface area contributed by atoms with E-state index in [0.29, 0.717) is 12.6 Å². The SMILES string of the molecule is CCOc1nccc(N2CCN(C)CC2)n1. The van der Waals surface area contributed by atoms with Crippen molar-refractivity contribution in [3.05, 3.63) is 12.3 Å². The molecule has 0 N–H and O–H groups in total. The normalized spacial score (nSPS) is 17.5. The van der Waals surface area contributed by atoms with E-state index in [1.54, 1.807) is 6.20 Å². The van der Waals surface area contributed by atoms with Crippen molar-refractivity contribution in [3.63, 3.8) is 0 Å². The van der Waals surface area contributed by atoms with Crippen LogP contribution in [0, 0.1) is 0 Å². The molecule has 0 atom stereocenters. The van der Waals surface area contributed by atoms with E-state index >= 15 is 0 Å². The van der Waals surface area contributed by atoms with Gasteiger partial charge in [0, 0.05) is 32.4 Å². The quantitative estimate of drug-likeness (QED) is 0.750. The summed E-state index contributed by atoms with van der Waals surface area (Å²) in [7, 11) is 2.14. The first-order valence-electron chi connectivity index (χ1n) is 5.69. The summed E-state index contributed by atoms with van der Waals surface area (Å²) >= 11 is 0. The van der Waals surface area contributed by atoms with Crippen molar-refractivity contribution in [1.82, 2.24) is 14.9 Å². The van der Waals surface area contributed by atoms with Crippen LogP contribution in [0.25, 0.3) is 0 Å². The Bertz CT molecular complexity index is 337. The molecule has 0 saturated carbocycles. The van der Waals surface area contributed by atoms with Crippen LogP contribution in [0.1, 0.15) is 6.92 Å². The van der Waals surface area contributed by atoms with E-state index in [1.165, 1.54) is 0 Å². The first-order chi connectivity index (χ1) is 7.79. The Kier molecular flexibility index (Phi) is 3.56. The molecule has 1 aromatic heterocycles. The lowest BCUT2D eigenvalue weighted by Crippen LogP contribution is -2.44. The van der Waals surface area contributed by atoms with Crippen molar-refractivity contribution in [2.24, 2.45) is 0 Å². The molecule has 1 saturated heterocycles. The highest BCUT2D eigenvalue weighted by atomic mass is 16.5. The summed E-state index contributed by atoms with van der Waals surface area (Å²) in [5.41, 5.74) is 0. The van der Waals surface area contributed by atoms with Crippen LogP contribution < -0.4 is 9.64 Å². The number of rotatable bonds is 3. The largest absolute Gasteiger partial charge is 0.464 e. The van der Waals surface area contributed by atoms with Gasteiger partial charge in [0.2, 0.25) is 0 Å². The Morgan fingerprint density at radius 3 is 2.75 bits per heavy atom. The molecule has 0 bridgehead atoms. The Hall–Kier alpha value is -1.36. The third kappa shape index (κ3) is 2.61. The molecule has 5 nitrogen and oxygen atoms in total.